The van der Waals surface area contributed by atoms with E-state index in [1.165, 1.54) is 11.0 Å². The lowest BCUT2D eigenvalue weighted by molar-refractivity contribution is -0.130. The van der Waals surface area contributed by atoms with E-state index in [1.54, 1.807) is 54.7 Å². The number of imide groups is 1. The first-order chi connectivity index (χ1) is 22.7. The van der Waals surface area contributed by atoms with E-state index in [9.17, 15) is 9.59 Å². The fraction of sp³-hybridized carbons (Fsp3) is 0.412. The number of nitrogens with two attached hydrogens (primary N) is 2. The molecule has 13 heteroatoms. The van der Waals surface area contributed by atoms with Gasteiger partial charge in [0.25, 0.3) is 5.91 Å². The number of halogens is 1. The number of anilines is 1. The largest absolute Gasteiger partial charge is 0.478 e. The molecule has 0 bridgehead atoms. The maximum Gasteiger partial charge on any atom is 0.251 e. The monoisotopic (exact) mass is 643 g/mol. The van der Waals surface area contributed by atoms with Gasteiger partial charge in [0.15, 0.2) is 0 Å². The molecule has 2 aromatic carbocycles. The van der Waals surface area contributed by atoms with Crippen LogP contribution in [-0.4, -0.2) is 82.2 Å². The first kappa shape index (κ1) is 33.8. The SMILES string of the molecule is CN(C)CCCOc1ccc(-c2ccc(C[C@H](N)C(=O)N(C(=O)C3CCC(CN)CC3)c3ccc(-c4nn[nH]n4)cc3)cc2F)cn1. The fourth-order valence-corrected chi connectivity index (χ4v) is 5.84. The van der Waals surface area contributed by atoms with Gasteiger partial charge in [0.05, 0.1) is 18.3 Å². The summed E-state index contributed by atoms with van der Waals surface area (Å²) in [5.74, 6) is -0.414. The van der Waals surface area contributed by atoms with Gasteiger partial charge >= 0.3 is 0 Å². The lowest BCUT2D eigenvalue weighted by Crippen LogP contribution is -2.50. The van der Waals surface area contributed by atoms with Crippen molar-refractivity contribution < 1.29 is 18.7 Å². The second-order valence-corrected chi connectivity index (χ2v) is 12.3. The number of rotatable bonds is 13. The Morgan fingerprint density at radius 3 is 2.40 bits per heavy atom. The molecule has 0 radical (unpaired) electrons. The molecule has 2 heterocycles. The third-order valence-electron chi connectivity index (χ3n) is 8.55. The highest BCUT2D eigenvalue weighted by molar-refractivity contribution is 6.17. The van der Waals surface area contributed by atoms with Crippen LogP contribution in [0.1, 0.15) is 37.7 Å². The number of nitrogens with one attached hydrogen (secondary N) is 1. The summed E-state index contributed by atoms with van der Waals surface area (Å²) in [4.78, 5) is 35.4. The number of aromatic amines is 1. The van der Waals surface area contributed by atoms with Crippen molar-refractivity contribution in [3.63, 3.8) is 0 Å². The summed E-state index contributed by atoms with van der Waals surface area (Å²) in [7, 11) is 4.01. The second-order valence-electron chi connectivity index (χ2n) is 12.3. The molecule has 4 aromatic rings. The van der Waals surface area contributed by atoms with Gasteiger partial charge in [0.2, 0.25) is 17.6 Å². The molecule has 248 valence electrons. The average molecular weight is 644 g/mol. The quantitative estimate of drug-likeness (QED) is 0.183. The number of nitrogens with zero attached hydrogens (tertiary/aromatic N) is 6. The number of amides is 2. The normalized spacial score (nSPS) is 17.0. The van der Waals surface area contributed by atoms with Gasteiger partial charge < -0.3 is 21.1 Å². The molecule has 5 N–H and O–H groups in total. The Hall–Kier alpha value is -4.59. The molecule has 47 heavy (non-hydrogen) atoms. The van der Waals surface area contributed by atoms with Gasteiger partial charge in [-0.05, 0) is 112 Å². The fourth-order valence-electron chi connectivity index (χ4n) is 5.84. The van der Waals surface area contributed by atoms with E-state index in [0.29, 0.717) is 71.6 Å². The van der Waals surface area contributed by atoms with Crippen LogP contribution in [0.5, 0.6) is 5.88 Å². The number of carbonyl (C=O) groups excluding carboxylic acids is 2. The van der Waals surface area contributed by atoms with Gasteiger partial charge in [-0.3, -0.25) is 9.59 Å². The lowest BCUT2D eigenvalue weighted by atomic mass is 9.81. The molecule has 1 fully saturated rings. The van der Waals surface area contributed by atoms with Gasteiger partial charge in [-0.25, -0.2) is 14.3 Å². The molecule has 12 nitrogen and oxygen atoms in total. The van der Waals surface area contributed by atoms with Crippen LogP contribution in [0.25, 0.3) is 22.5 Å². The number of hydrogen-bond donors (Lipinski definition) is 3. The van der Waals surface area contributed by atoms with E-state index in [4.69, 9.17) is 16.2 Å². The van der Waals surface area contributed by atoms with Crippen molar-refractivity contribution >= 4 is 17.5 Å². The summed E-state index contributed by atoms with van der Waals surface area (Å²) in [5, 5.41) is 14.0. The highest BCUT2D eigenvalue weighted by atomic mass is 19.1. The Morgan fingerprint density at radius 2 is 1.79 bits per heavy atom. The molecule has 0 unspecified atom stereocenters. The minimum atomic E-state index is -1.09. The van der Waals surface area contributed by atoms with Crippen LogP contribution in [0, 0.1) is 17.7 Å². The molecule has 0 spiro atoms. The maximum absolute atomic E-state index is 15.3. The number of benzene rings is 2. The standard InChI is InChI=1S/C34H42FN9O3/c1-43(2)16-3-17-47-31-15-11-26(21-38-31)28-14-6-23(18-29(28)35)19-30(37)34(46)44(33(45)25-7-4-22(20-36)5-8-25)27-12-9-24(10-13-27)32-39-41-42-40-32/h6,9-15,18,21-22,25,30H,3-5,7-8,16-17,19-20,36-37H2,1-2H3,(H,39,40,41,42)/t22?,25?,30-/m0/s1. The topological polar surface area (TPSA) is 169 Å². The van der Waals surface area contributed by atoms with Crippen molar-refractivity contribution in [2.45, 2.75) is 44.6 Å². The predicted octanol–water partition coefficient (Wildman–Crippen LogP) is 3.59. The molecular weight excluding hydrogens is 601 g/mol. The van der Waals surface area contributed by atoms with Crippen LogP contribution in [0.4, 0.5) is 10.1 Å². The number of hydrogen-bond acceptors (Lipinski definition) is 10. The van der Waals surface area contributed by atoms with Crippen molar-refractivity contribution in [3.05, 3.63) is 72.2 Å². The number of tetrazole rings is 1. The zero-order valence-corrected chi connectivity index (χ0v) is 26.8. The van der Waals surface area contributed by atoms with Crippen molar-refractivity contribution in [1.29, 1.82) is 0 Å². The Bertz CT molecular complexity index is 1610. The van der Waals surface area contributed by atoms with Gasteiger partial charge in [-0.1, -0.05) is 12.1 Å². The van der Waals surface area contributed by atoms with E-state index in [-0.39, 0.29) is 18.2 Å². The minimum absolute atomic E-state index is 0.0403. The molecule has 1 saturated carbocycles. The highest BCUT2D eigenvalue weighted by Crippen LogP contribution is 2.32. The van der Waals surface area contributed by atoms with E-state index < -0.39 is 17.8 Å². The molecule has 1 aliphatic rings. The lowest BCUT2D eigenvalue weighted by Gasteiger charge is -2.32. The number of aromatic nitrogens is 5. The van der Waals surface area contributed by atoms with E-state index >= 15 is 4.39 Å². The number of carbonyl (C=O) groups is 2. The summed E-state index contributed by atoms with van der Waals surface area (Å²) in [6.07, 6.45) is 5.42. The summed E-state index contributed by atoms with van der Waals surface area (Å²) in [6, 6.07) is 13.9. The van der Waals surface area contributed by atoms with Gasteiger partial charge in [-0.15, -0.1) is 10.2 Å². The smallest absolute Gasteiger partial charge is 0.251 e. The Balaban J connectivity index is 1.29. The van der Waals surface area contributed by atoms with Crippen molar-refractivity contribution in [3.8, 4) is 28.4 Å². The third kappa shape index (κ3) is 8.61. The zero-order chi connectivity index (χ0) is 33.3. The zero-order valence-electron chi connectivity index (χ0n) is 26.8. The number of ether oxygens (including phenoxy) is 1. The van der Waals surface area contributed by atoms with E-state index in [0.717, 1.165) is 25.8 Å². The second kappa shape index (κ2) is 15.8. The van der Waals surface area contributed by atoms with E-state index in [1.807, 2.05) is 14.1 Å². The van der Waals surface area contributed by atoms with Gasteiger partial charge in [0.1, 0.15) is 5.82 Å². The van der Waals surface area contributed by atoms with Crippen molar-refractivity contribution in [2.75, 3.05) is 38.7 Å². The van der Waals surface area contributed by atoms with Crippen LogP contribution in [-0.2, 0) is 16.0 Å². The Kier molecular flexibility index (Phi) is 11.4. The van der Waals surface area contributed by atoms with Crippen LogP contribution in [0.3, 0.4) is 0 Å². The van der Waals surface area contributed by atoms with Crippen LogP contribution in [0.2, 0.25) is 0 Å². The third-order valence-corrected chi connectivity index (χ3v) is 8.55. The molecule has 5 rings (SSSR count). The van der Waals surface area contributed by atoms with Crippen LogP contribution in [0.15, 0.2) is 60.8 Å². The van der Waals surface area contributed by atoms with Gasteiger partial charge in [-0.2, -0.15) is 5.21 Å². The van der Waals surface area contributed by atoms with Crippen molar-refractivity contribution in [1.82, 2.24) is 30.5 Å². The predicted molar refractivity (Wildman–Crippen MR) is 177 cm³/mol. The average Bonchev–Trinajstić information content (AvgIpc) is 3.63. The molecule has 2 amide bonds. The number of H-pyrrole nitrogens is 1. The summed E-state index contributed by atoms with van der Waals surface area (Å²) in [5.41, 5.74) is 14.9. The van der Waals surface area contributed by atoms with E-state index in [2.05, 4.69) is 30.5 Å². The van der Waals surface area contributed by atoms with Crippen LogP contribution < -0.4 is 21.1 Å². The molecule has 1 atom stereocenters. The summed E-state index contributed by atoms with van der Waals surface area (Å²) in [6.45, 7) is 2.02. The first-order valence-corrected chi connectivity index (χ1v) is 15.9. The summed E-state index contributed by atoms with van der Waals surface area (Å²) >= 11 is 0. The van der Waals surface area contributed by atoms with Crippen LogP contribution >= 0.6 is 0 Å². The molecule has 1 aliphatic carbocycles. The highest BCUT2D eigenvalue weighted by Gasteiger charge is 2.35. The molecule has 0 aliphatic heterocycles. The first-order valence-electron chi connectivity index (χ1n) is 15.9. The van der Waals surface area contributed by atoms with Gasteiger partial charge in [0, 0.05) is 41.4 Å². The van der Waals surface area contributed by atoms with Crippen molar-refractivity contribution in [2.24, 2.45) is 23.3 Å². The molecule has 2 aromatic heterocycles. The summed E-state index contributed by atoms with van der Waals surface area (Å²) < 4.78 is 21.0. The molecule has 0 saturated heterocycles. The Morgan fingerprint density at radius 1 is 1.04 bits per heavy atom. The Labute approximate surface area is 273 Å². The molecular formula is C34H42FN9O3. The maximum atomic E-state index is 15.3. The number of pyridine rings is 1. The minimum Gasteiger partial charge on any atom is -0.478 e.